The third-order valence-corrected chi connectivity index (χ3v) is 7.87. The van der Waals surface area contributed by atoms with E-state index in [0.29, 0.717) is 30.3 Å². The fourth-order valence-electron chi connectivity index (χ4n) is 3.97. The summed E-state index contributed by atoms with van der Waals surface area (Å²) in [6.07, 6.45) is 6.90. The number of nitrogens with one attached hydrogen (secondary N) is 1. The van der Waals surface area contributed by atoms with Gasteiger partial charge in [0.1, 0.15) is 11.5 Å². The van der Waals surface area contributed by atoms with Crippen LogP contribution in [0.15, 0.2) is 60.7 Å². The lowest BCUT2D eigenvalue weighted by Crippen LogP contribution is -2.46. The smallest absolute Gasteiger partial charge is 0.415 e. The van der Waals surface area contributed by atoms with Crippen molar-refractivity contribution in [2.45, 2.75) is 63.7 Å². The SMILES string of the molecule is CCC(NC(=O)[C@@H](N)CC1CCCCC1)P(=O)(Oc1ccccc1)Oc1ccccc1. The van der Waals surface area contributed by atoms with Gasteiger partial charge in [-0.25, -0.2) is 4.57 Å². The topological polar surface area (TPSA) is 90.7 Å². The molecular weight excluding hydrogens is 411 g/mol. The van der Waals surface area contributed by atoms with Gasteiger partial charge >= 0.3 is 7.60 Å². The molecule has 168 valence electrons. The number of hydrogen-bond acceptors (Lipinski definition) is 5. The van der Waals surface area contributed by atoms with E-state index < -0.39 is 19.4 Å². The number of amides is 1. The van der Waals surface area contributed by atoms with Gasteiger partial charge in [0.2, 0.25) is 5.91 Å². The molecule has 0 heterocycles. The van der Waals surface area contributed by atoms with Crippen LogP contribution in [0.3, 0.4) is 0 Å². The molecule has 3 N–H and O–H groups in total. The molecule has 2 atom stereocenters. The molecular formula is C24H33N2O4P. The zero-order chi connectivity index (χ0) is 22.1. The molecule has 0 saturated heterocycles. The molecule has 31 heavy (non-hydrogen) atoms. The first-order valence-electron chi connectivity index (χ1n) is 11.1. The zero-order valence-corrected chi connectivity index (χ0v) is 19.0. The third kappa shape index (κ3) is 6.84. The Morgan fingerprint density at radius 2 is 1.52 bits per heavy atom. The van der Waals surface area contributed by atoms with Gasteiger partial charge in [-0.2, -0.15) is 0 Å². The molecule has 6 nitrogen and oxygen atoms in total. The number of hydrogen-bond donors (Lipinski definition) is 2. The number of rotatable bonds is 10. The molecule has 1 aliphatic carbocycles. The lowest BCUT2D eigenvalue weighted by molar-refractivity contribution is -0.123. The Morgan fingerprint density at radius 1 is 1.00 bits per heavy atom. The second-order valence-electron chi connectivity index (χ2n) is 8.13. The maximum absolute atomic E-state index is 13.9. The van der Waals surface area contributed by atoms with Crippen LogP contribution in [-0.2, 0) is 9.36 Å². The fourth-order valence-corrected chi connectivity index (χ4v) is 5.82. The molecule has 0 aromatic heterocycles. The molecule has 0 spiro atoms. The molecule has 0 bridgehead atoms. The van der Waals surface area contributed by atoms with E-state index in [1.165, 1.54) is 19.3 Å². The van der Waals surface area contributed by atoms with Gasteiger partial charge in [0, 0.05) is 0 Å². The highest BCUT2D eigenvalue weighted by molar-refractivity contribution is 7.55. The van der Waals surface area contributed by atoms with Gasteiger partial charge < -0.3 is 20.1 Å². The van der Waals surface area contributed by atoms with Crippen molar-refractivity contribution < 1.29 is 18.4 Å². The average molecular weight is 445 g/mol. The lowest BCUT2D eigenvalue weighted by Gasteiger charge is -2.29. The second-order valence-corrected chi connectivity index (χ2v) is 10.2. The normalized spacial score (nSPS) is 16.8. The summed E-state index contributed by atoms with van der Waals surface area (Å²) >= 11 is 0. The van der Waals surface area contributed by atoms with Gasteiger partial charge in [0.05, 0.1) is 6.04 Å². The van der Waals surface area contributed by atoms with E-state index in [-0.39, 0.29) is 5.91 Å². The number of nitrogens with two attached hydrogens (primary N) is 1. The summed E-state index contributed by atoms with van der Waals surface area (Å²) in [5.74, 6) is 0.174. The van der Waals surface area contributed by atoms with Crippen LogP contribution in [0.2, 0.25) is 0 Å². The number of benzene rings is 2. The van der Waals surface area contributed by atoms with Crippen molar-refractivity contribution >= 4 is 13.5 Å². The summed E-state index contributed by atoms with van der Waals surface area (Å²) in [6, 6.07) is 17.1. The Balaban J connectivity index is 1.74. The molecule has 1 fully saturated rings. The molecule has 1 amide bonds. The first kappa shape index (κ1) is 23.4. The van der Waals surface area contributed by atoms with Gasteiger partial charge in [0.25, 0.3) is 0 Å². The van der Waals surface area contributed by atoms with E-state index in [4.69, 9.17) is 14.8 Å². The van der Waals surface area contributed by atoms with Crippen LogP contribution >= 0.6 is 7.60 Å². The molecule has 1 unspecified atom stereocenters. The minimum Gasteiger partial charge on any atom is -0.415 e. The van der Waals surface area contributed by atoms with Crippen molar-refractivity contribution in [2.75, 3.05) is 0 Å². The van der Waals surface area contributed by atoms with E-state index >= 15 is 0 Å². The third-order valence-electron chi connectivity index (χ3n) is 5.68. The predicted octanol–water partition coefficient (Wildman–Crippen LogP) is 5.49. The van der Waals surface area contributed by atoms with Crippen molar-refractivity contribution in [2.24, 2.45) is 11.7 Å². The minimum absolute atomic E-state index is 0.314. The van der Waals surface area contributed by atoms with Crippen LogP contribution in [0, 0.1) is 5.92 Å². The molecule has 0 aliphatic heterocycles. The maximum Gasteiger partial charge on any atom is 0.452 e. The molecule has 2 aromatic rings. The molecule has 1 saturated carbocycles. The Kier molecular flexibility index (Phi) is 8.56. The summed E-state index contributed by atoms with van der Waals surface area (Å²) in [5.41, 5.74) is 6.22. The summed E-state index contributed by atoms with van der Waals surface area (Å²) in [4.78, 5) is 12.9. The molecule has 1 aliphatic rings. The first-order chi connectivity index (χ1) is 15.0. The Labute approximate surface area is 185 Å². The van der Waals surface area contributed by atoms with Crippen LogP contribution in [0.25, 0.3) is 0 Å². The lowest BCUT2D eigenvalue weighted by atomic mass is 9.85. The average Bonchev–Trinajstić information content (AvgIpc) is 2.79. The highest BCUT2D eigenvalue weighted by Gasteiger charge is 2.40. The van der Waals surface area contributed by atoms with Crippen LogP contribution in [0.1, 0.15) is 51.9 Å². The second kappa shape index (κ2) is 11.4. The van der Waals surface area contributed by atoms with Gasteiger partial charge in [0.15, 0.2) is 5.78 Å². The van der Waals surface area contributed by atoms with Gasteiger partial charge in [-0.05, 0) is 43.0 Å². The van der Waals surface area contributed by atoms with Crippen LogP contribution in [0.5, 0.6) is 11.5 Å². The molecule has 7 heteroatoms. The number of carbonyl (C=O) groups is 1. The largest absolute Gasteiger partial charge is 0.452 e. The van der Waals surface area contributed by atoms with Crippen LogP contribution < -0.4 is 20.1 Å². The number of para-hydroxylation sites is 2. The summed E-state index contributed by atoms with van der Waals surface area (Å²) in [5, 5.41) is 2.86. The van der Waals surface area contributed by atoms with Gasteiger partial charge in [-0.3, -0.25) is 4.79 Å². The van der Waals surface area contributed by atoms with E-state index in [9.17, 15) is 9.36 Å². The van der Waals surface area contributed by atoms with Crippen molar-refractivity contribution in [1.29, 1.82) is 0 Å². The summed E-state index contributed by atoms with van der Waals surface area (Å²) in [6.45, 7) is 1.84. The fraction of sp³-hybridized carbons (Fsp3) is 0.458. The highest BCUT2D eigenvalue weighted by Crippen LogP contribution is 2.53. The maximum atomic E-state index is 13.9. The van der Waals surface area contributed by atoms with E-state index in [1.54, 1.807) is 48.5 Å². The number of carbonyl (C=O) groups excluding carboxylic acids is 1. The van der Waals surface area contributed by atoms with Crippen LogP contribution in [-0.4, -0.2) is 17.7 Å². The van der Waals surface area contributed by atoms with Crippen molar-refractivity contribution in [3.63, 3.8) is 0 Å². The Bertz CT molecular complexity index is 811. The summed E-state index contributed by atoms with van der Waals surface area (Å²) < 4.78 is 25.7. The molecule has 2 aromatic carbocycles. The van der Waals surface area contributed by atoms with Crippen molar-refractivity contribution in [3.8, 4) is 11.5 Å². The molecule has 0 radical (unpaired) electrons. The molecule has 3 rings (SSSR count). The Hall–Kier alpha value is -2.30. The van der Waals surface area contributed by atoms with E-state index in [0.717, 1.165) is 12.8 Å². The van der Waals surface area contributed by atoms with Crippen molar-refractivity contribution in [1.82, 2.24) is 5.32 Å². The van der Waals surface area contributed by atoms with Gasteiger partial charge in [-0.1, -0.05) is 75.4 Å². The quantitative estimate of drug-likeness (QED) is 0.473. The summed E-state index contributed by atoms with van der Waals surface area (Å²) in [7, 11) is -3.80. The zero-order valence-electron chi connectivity index (χ0n) is 18.1. The monoisotopic (exact) mass is 444 g/mol. The van der Waals surface area contributed by atoms with Crippen molar-refractivity contribution in [3.05, 3.63) is 60.7 Å². The highest BCUT2D eigenvalue weighted by atomic mass is 31.2. The predicted molar refractivity (Wildman–Crippen MR) is 123 cm³/mol. The minimum atomic E-state index is -3.80. The van der Waals surface area contributed by atoms with Gasteiger partial charge in [-0.15, -0.1) is 0 Å². The first-order valence-corrected chi connectivity index (χ1v) is 12.8. The standard InChI is InChI=1S/C24H33N2O4P/c1-2-23(26-24(27)22(25)18-19-12-6-3-7-13-19)31(28,29-20-14-8-4-9-15-20)30-21-16-10-5-11-17-21/h4-5,8-11,14-17,19,22-23H,2-3,6-7,12-13,18,25H2,1H3,(H,26,27)/t22-,23?/m0/s1. The van der Waals surface area contributed by atoms with E-state index in [2.05, 4.69) is 5.32 Å². The Morgan fingerprint density at radius 3 is 2.00 bits per heavy atom. The van der Waals surface area contributed by atoms with Crippen LogP contribution in [0.4, 0.5) is 0 Å². The van der Waals surface area contributed by atoms with E-state index in [1.807, 2.05) is 19.1 Å².